The van der Waals surface area contributed by atoms with Crippen molar-refractivity contribution in [1.29, 1.82) is 0 Å². The van der Waals surface area contributed by atoms with Gasteiger partial charge in [0.2, 0.25) is 0 Å². The van der Waals surface area contributed by atoms with Crippen LogP contribution in [-0.4, -0.2) is 53.6 Å². The fourth-order valence-electron chi connectivity index (χ4n) is 3.33. The van der Waals surface area contributed by atoms with Gasteiger partial charge in [0, 0.05) is 56.4 Å². The number of anilines is 1. The number of hydrogen-bond donors (Lipinski definition) is 1. The molecule has 2 amide bonds. The normalized spacial score (nSPS) is 14.3. The third-order valence-corrected chi connectivity index (χ3v) is 4.80. The molecule has 1 aromatic heterocycles. The number of pyridine rings is 1. The van der Waals surface area contributed by atoms with Gasteiger partial charge in [0.05, 0.1) is 7.11 Å². The molecule has 0 spiro atoms. The van der Waals surface area contributed by atoms with Crippen molar-refractivity contribution in [2.24, 2.45) is 5.92 Å². The first-order valence-electron chi connectivity index (χ1n) is 9.48. The second-order valence-electron chi connectivity index (χ2n) is 7.52. The highest BCUT2D eigenvalue weighted by Crippen LogP contribution is 2.23. The standard InChI is InChI=1S/C21H27FN4O2/c1-15(2)11-25(12-16-6-8-23-9-7-16)18-13-26(14-18)21(27)24-17-4-5-20(28-3)19(22)10-17/h4-10,15,18H,11-14H2,1-3H3,(H,24,27). The molecule has 150 valence electrons. The first kappa shape index (κ1) is 20.1. The van der Waals surface area contributed by atoms with Crippen molar-refractivity contribution in [3.05, 3.63) is 54.1 Å². The minimum absolute atomic E-state index is 0.155. The lowest BCUT2D eigenvalue weighted by atomic mass is 10.0. The van der Waals surface area contributed by atoms with Crippen LogP contribution in [0, 0.1) is 11.7 Å². The van der Waals surface area contributed by atoms with Crippen molar-refractivity contribution in [3.8, 4) is 5.75 Å². The molecule has 3 rings (SSSR count). The highest BCUT2D eigenvalue weighted by molar-refractivity contribution is 5.90. The Hall–Kier alpha value is -2.67. The van der Waals surface area contributed by atoms with Crippen molar-refractivity contribution in [2.75, 3.05) is 32.1 Å². The van der Waals surface area contributed by atoms with E-state index >= 15 is 0 Å². The van der Waals surface area contributed by atoms with Crippen molar-refractivity contribution in [1.82, 2.24) is 14.8 Å². The molecule has 1 aromatic carbocycles. The summed E-state index contributed by atoms with van der Waals surface area (Å²) in [6, 6.07) is 8.54. The molecule has 0 radical (unpaired) electrons. The third-order valence-electron chi connectivity index (χ3n) is 4.80. The van der Waals surface area contributed by atoms with Gasteiger partial charge < -0.3 is 15.0 Å². The van der Waals surface area contributed by atoms with Gasteiger partial charge in [-0.05, 0) is 35.7 Å². The summed E-state index contributed by atoms with van der Waals surface area (Å²) < 4.78 is 18.7. The number of hydrogen-bond acceptors (Lipinski definition) is 4. The van der Waals surface area contributed by atoms with Crippen LogP contribution in [-0.2, 0) is 6.54 Å². The number of aromatic nitrogens is 1. The zero-order valence-electron chi connectivity index (χ0n) is 16.6. The quantitative estimate of drug-likeness (QED) is 0.790. The summed E-state index contributed by atoms with van der Waals surface area (Å²) in [5.41, 5.74) is 1.63. The largest absolute Gasteiger partial charge is 0.494 e. The minimum atomic E-state index is -0.498. The highest BCUT2D eigenvalue weighted by atomic mass is 19.1. The molecule has 0 atom stereocenters. The van der Waals surface area contributed by atoms with Crippen LogP contribution >= 0.6 is 0 Å². The Bertz CT molecular complexity index is 794. The van der Waals surface area contributed by atoms with Crippen LogP contribution < -0.4 is 10.1 Å². The molecule has 1 N–H and O–H groups in total. The van der Waals surface area contributed by atoms with Gasteiger partial charge in [-0.15, -0.1) is 0 Å². The Kier molecular flexibility index (Phi) is 6.46. The van der Waals surface area contributed by atoms with Crippen molar-refractivity contribution in [2.45, 2.75) is 26.4 Å². The van der Waals surface area contributed by atoms with Gasteiger partial charge in [-0.3, -0.25) is 9.88 Å². The molecular formula is C21H27FN4O2. The lowest BCUT2D eigenvalue weighted by Crippen LogP contribution is -2.62. The molecule has 0 saturated carbocycles. The Morgan fingerprint density at radius 1 is 1.32 bits per heavy atom. The first-order valence-corrected chi connectivity index (χ1v) is 9.48. The smallest absolute Gasteiger partial charge is 0.321 e. The van der Waals surface area contributed by atoms with E-state index in [1.54, 1.807) is 23.4 Å². The maximum atomic E-state index is 13.8. The molecule has 2 heterocycles. The SMILES string of the molecule is COc1ccc(NC(=O)N2CC(N(Cc3ccncc3)CC(C)C)C2)cc1F. The van der Waals surface area contributed by atoms with E-state index in [0.29, 0.717) is 30.7 Å². The van der Waals surface area contributed by atoms with E-state index in [0.717, 1.165) is 13.1 Å². The maximum absolute atomic E-state index is 13.8. The number of nitrogens with one attached hydrogen (secondary N) is 1. The predicted molar refractivity (Wildman–Crippen MR) is 107 cm³/mol. The van der Waals surface area contributed by atoms with E-state index in [2.05, 4.69) is 29.0 Å². The van der Waals surface area contributed by atoms with Gasteiger partial charge in [-0.25, -0.2) is 9.18 Å². The zero-order valence-corrected chi connectivity index (χ0v) is 16.6. The molecule has 1 fully saturated rings. The summed E-state index contributed by atoms with van der Waals surface area (Å²) in [7, 11) is 1.41. The summed E-state index contributed by atoms with van der Waals surface area (Å²) in [6.07, 6.45) is 3.61. The topological polar surface area (TPSA) is 57.7 Å². The van der Waals surface area contributed by atoms with Gasteiger partial charge in [0.15, 0.2) is 11.6 Å². The average Bonchev–Trinajstić information content (AvgIpc) is 2.61. The van der Waals surface area contributed by atoms with E-state index in [1.807, 2.05) is 12.1 Å². The molecule has 1 aliphatic rings. The van der Waals surface area contributed by atoms with Gasteiger partial charge >= 0.3 is 6.03 Å². The Labute approximate surface area is 165 Å². The number of benzene rings is 1. The number of halogens is 1. The fourth-order valence-corrected chi connectivity index (χ4v) is 3.33. The molecule has 2 aromatic rings. The molecule has 0 unspecified atom stereocenters. The zero-order chi connectivity index (χ0) is 20.1. The van der Waals surface area contributed by atoms with Crippen LogP contribution in [0.5, 0.6) is 5.75 Å². The molecule has 7 heteroatoms. The van der Waals surface area contributed by atoms with Crippen LogP contribution in [0.2, 0.25) is 0 Å². The molecule has 1 aliphatic heterocycles. The number of likely N-dealkylation sites (tertiary alicyclic amines) is 1. The summed E-state index contributed by atoms with van der Waals surface area (Å²) in [5, 5.41) is 2.75. The van der Waals surface area contributed by atoms with Crippen LogP contribution in [0.1, 0.15) is 19.4 Å². The lowest BCUT2D eigenvalue weighted by Gasteiger charge is -2.45. The number of methoxy groups -OCH3 is 1. The number of rotatable bonds is 7. The van der Waals surface area contributed by atoms with Gasteiger partial charge in [0.1, 0.15) is 0 Å². The molecule has 0 bridgehead atoms. The minimum Gasteiger partial charge on any atom is -0.494 e. The van der Waals surface area contributed by atoms with Crippen molar-refractivity contribution >= 4 is 11.7 Å². The average molecular weight is 386 g/mol. The van der Waals surface area contributed by atoms with E-state index in [9.17, 15) is 9.18 Å². The monoisotopic (exact) mass is 386 g/mol. The lowest BCUT2D eigenvalue weighted by molar-refractivity contribution is 0.0486. The van der Waals surface area contributed by atoms with Crippen LogP contribution in [0.25, 0.3) is 0 Å². The van der Waals surface area contributed by atoms with Gasteiger partial charge in [-0.2, -0.15) is 0 Å². The van der Waals surface area contributed by atoms with Gasteiger partial charge in [0.25, 0.3) is 0 Å². The summed E-state index contributed by atoms with van der Waals surface area (Å²) in [6.45, 7) is 7.50. The Morgan fingerprint density at radius 3 is 2.64 bits per heavy atom. The molecule has 1 saturated heterocycles. The molecule has 28 heavy (non-hydrogen) atoms. The number of urea groups is 1. The van der Waals surface area contributed by atoms with Crippen LogP contribution in [0.15, 0.2) is 42.7 Å². The van der Waals surface area contributed by atoms with E-state index in [4.69, 9.17) is 4.74 Å². The molecule has 0 aliphatic carbocycles. The Morgan fingerprint density at radius 2 is 2.04 bits per heavy atom. The predicted octanol–water partition coefficient (Wildman–Crippen LogP) is 3.60. The third kappa shape index (κ3) is 4.98. The molecular weight excluding hydrogens is 359 g/mol. The molecule has 6 nitrogen and oxygen atoms in total. The van der Waals surface area contributed by atoms with Crippen LogP contribution in [0.4, 0.5) is 14.9 Å². The summed E-state index contributed by atoms with van der Waals surface area (Å²) in [5.74, 6) is 0.191. The first-order chi connectivity index (χ1) is 13.5. The van der Waals surface area contributed by atoms with Gasteiger partial charge in [-0.1, -0.05) is 13.8 Å². The maximum Gasteiger partial charge on any atom is 0.321 e. The van der Waals surface area contributed by atoms with Crippen molar-refractivity contribution in [3.63, 3.8) is 0 Å². The summed E-state index contributed by atoms with van der Waals surface area (Å²) >= 11 is 0. The number of ether oxygens (including phenoxy) is 1. The number of carbonyl (C=O) groups excluding carboxylic acids is 1. The fraction of sp³-hybridized carbons (Fsp3) is 0.429. The number of amides is 2. The highest BCUT2D eigenvalue weighted by Gasteiger charge is 2.35. The number of carbonyl (C=O) groups is 1. The van der Waals surface area contributed by atoms with E-state index in [-0.39, 0.29) is 11.8 Å². The number of nitrogens with zero attached hydrogens (tertiary/aromatic N) is 3. The second kappa shape index (κ2) is 9.01. The second-order valence-corrected chi connectivity index (χ2v) is 7.52. The van der Waals surface area contributed by atoms with E-state index < -0.39 is 5.82 Å². The van der Waals surface area contributed by atoms with Crippen molar-refractivity contribution < 1.29 is 13.9 Å². The van der Waals surface area contributed by atoms with E-state index in [1.165, 1.54) is 24.8 Å². The van der Waals surface area contributed by atoms with Crippen LogP contribution in [0.3, 0.4) is 0 Å². The summed E-state index contributed by atoms with van der Waals surface area (Å²) in [4.78, 5) is 20.7. The Balaban J connectivity index is 1.56.